The lowest BCUT2D eigenvalue weighted by Crippen LogP contribution is -2.21. The maximum Gasteiger partial charge on any atom is 0.453 e. The van der Waals surface area contributed by atoms with Crippen LogP contribution in [0.3, 0.4) is 0 Å². The molecule has 7 nitrogen and oxygen atoms in total. The molecule has 126 valence electrons. The molecule has 12 heteroatoms. The van der Waals surface area contributed by atoms with Gasteiger partial charge in [0, 0.05) is 10.6 Å². The minimum absolute atomic E-state index is 0.0841. The summed E-state index contributed by atoms with van der Waals surface area (Å²) in [7, 11) is 0. The summed E-state index contributed by atoms with van der Waals surface area (Å²) in [5.74, 6) is 4.66. The number of halogens is 4. The Balaban J connectivity index is 1.71. The zero-order valence-corrected chi connectivity index (χ0v) is 13.2. The summed E-state index contributed by atoms with van der Waals surface area (Å²) in [5, 5.41) is 10.6. The van der Waals surface area contributed by atoms with E-state index < -0.39 is 12.0 Å². The maximum absolute atomic E-state index is 12.6. The van der Waals surface area contributed by atoms with E-state index in [0.29, 0.717) is 21.1 Å². The van der Waals surface area contributed by atoms with Gasteiger partial charge in [-0.05, 0) is 12.1 Å². The van der Waals surface area contributed by atoms with E-state index in [-0.39, 0.29) is 16.8 Å². The number of hydrogen-bond acceptors (Lipinski definition) is 7. The second-order valence-electron chi connectivity index (χ2n) is 4.48. The normalized spacial score (nSPS) is 11.8. The molecule has 0 amide bonds. The van der Waals surface area contributed by atoms with Crippen LogP contribution in [0.1, 0.15) is 11.7 Å². The van der Waals surface area contributed by atoms with E-state index in [1.54, 1.807) is 24.3 Å². The van der Waals surface area contributed by atoms with E-state index in [0.717, 1.165) is 11.8 Å². The number of thioether (sulfide) groups is 1. The highest BCUT2D eigenvalue weighted by Gasteiger charge is 2.38. The SMILES string of the molecule is Nn1c(SCc2nc(-c3cccc(Cl)c3)no2)nnc1C(F)(F)F. The molecule has 0 radical (unpaired) electrons. The molecule has 0 fully saturated rings. The van der Waals surface area contributed by atoms with Gasteiger partial charge in [-0.1, -0.05) is 40.7 Å². The zero-order chi connectivity index (χ0) is 17.3. The maximum atomic E-state index is 12.6. The topological polar surface area (TPSA) is 95.7 Å². The third kappa shape index (κ3) is 3.46. The van der Waals surface area contributed by atoms with Crippen molar-refractivity contribution >= 4 is 23.4 Å². The molecule has 0 spiro atoms. The largest absolute Gasteiger partial charge is 0.453 e. The lowest BCUT2D eigenvalue weighted by molar-refractivity contribution is -0.146. The van der Waals surface area contributed by atoms with Crippen molar-refractivity contribution in [3.8, 4) is 11.4 Å². The molecule has 3 aromatic rings. The van der Waals surface area contributed by atoms with Crippen molar-refractivity contribution in [3.05, 3.63) is 41.0 Å². The molecule has 1 aromatic carbocycles. The van der Waals surface area contributed by atoms with Crippen molar-refractivity contribution in [3.63, 3.8) is 0 Å². The van der Waals surface area contributed by atoms with E-state index >= 15 is 0 Å². The summed E-state index contributed by atoms with van der Waals surface area (Å²) in [6, 6.07) is 6.85. The van der Waals surface area contributed by atoms with Crippen molar-refractivity contribution in [2.75, 3.05) is 5.84 Å². The fraction of sp³-hybridized carbons (Fsp3) is 0.167. The number of nitrogens with two attached hydrogens (primary N) is 1. The summed E-state index contributed by atoms with van der Waals surface area (Å²) < 4.78 is 43.2. The first kappa shape index (κ1) is 16.6. The van der Waals surface area contributed by atoms with Crippen LogP contribution in [0.5, 0.6) is 0 Å². The van der Waals surface area contributed by atoms with Crippen LogP contribution >= 0.6 is 23.4 Å². The summed E-state index contributed by atoms with van der Waals surface area (Å²) in [6.07, 6.45) is -4.68. The average Bonchev–Trinajstić information content (AvgIpc) is 3.11. The molecule has 0 saturated carbocycles. The minimum atomic E-state index is -4.68. The minimum Gasteiger partial charge on any atom is -0.338 e. The van der Waals surface area contributed by atoms with Gasteiger partial charge in [-0.25, -0.2) is 4.68 Å². The Morgan fingerprint density at radius 3 is 2.75 bits per heavy atom. The van der Waals surface area contributed by atoms with Gasteiger partial charge in [-0.3, -0.25) is 0 Å². The highest BCUT2D eigenvalue weighted by molar-refractivity contribution is 7.98. The third-order valence-corrected chi connectivity index (χ3v) is 3.96. The van der Waals surface area contributed by atoms with E-state index in [4.69, 9.17) is 22.0 Å². The monoisotopic (exact) mass is 376 g/mol. The number of alkyl halides is 3. The van der Waals surface area contributed by atoms with Gasteiger partial charge in [0.25, 0.3) is 5.82 Å². The summed E-state index contributed by atoms with van der Waals surface area (Å²) >= 11 is 6.78. The molecule has 0 atom stereocenters. The van der Waals surface area contributed by atoms with Gasteiger partial charge >= 0.3 is 6.18 Å². The quantitative estimate of drug-likeness (QED) is 0.552. The smallest absolute Gasteiger partial charge is 0.338 e. The Hall–Kier alpha value is -2.27. The number of hydrogen-bond donors (Lipinski definition) is 1. The fourth-order valence-corrected chi connectivity index (χ4v) is 2.64. The lowest BCUT2D eigenvalue weighted by Gasteiger charge is -2.05. The fourth-order valence-electron chi connectivity index (χ4n) is 1.75. The van der Waals surface area contributed by atoms with Crippen molar-refractivity contribution in [1.29, 1.82) is 0 Å². The predicted molar refractivity (Wildman–Crippen MR) is 79.5 cm³/mol. The van der Waals surface area contributed by atoms with E-state index in [1.165, 1.54) is 0 Å². The first-order valence-corrected chi connectivity index (χ1v) is 7.70. The molecule has 24 heavy (non-hydrogen) atoms. The molecule has 2 aromatic heterocycles. The summed E-state index contributed by atoms with van der Waals surface area (Å²) in [6.45, 7) is 0. The molecular formula is C12H8ClF3N6OS. The van der Waals surface area contributed by atoms with Crippen LogP contribution in [0.4, 0.5) is 13.2 Å². The predicted octanol–water partition coefficient (Wildman–Crippen LogP) is 3.01. The Kier molecular flexibility index (Phi) is 4.37. The highest BCUT2D eigenvalue weighted by Crippen LogP contribution is 2.30. The van der Waals surface area contributed by atoms with Gasteiger partial charge in [-0.2, -0.15) is 18.2 Å². The average molecular weight is 377 g/mol. The van der Waals surface area contributed by atoms with Crippen molar-refractivity contribution < 1.29 is 17.7 Å². The van der Waals surface area contributed by atoms with E-state index in [2.05, 4.69) is 20.3 Å². The Labute approximate surface area is 142 Å². The van der Waals surface area contributed by atoms with Crippen LogP contribution in [0.25, 0.3) is 11.4 Å². The van der Waals surface area contributed by atoms with E-state index in [9.17, 15) is 13.2 Å². The van der Waals surface area contributed by atoms with Crippen LogP contribution in [0.15, 0.2) is 33.9 Å². The van der Waals surface area contributed by atoms with Crippen LogP contribution in [-0.4, -0.2) is 25.0 Å². The van der Waals surface area contributed by atoms with Gasteiger partial charge in [-0.15, -0.1) is 10.2 Å². The Morgan fingerprint density at radius 2 is 2.08 bits per heavy atom. The highest BCUT2D eigenvalue weighted by atomic mass is 35.5. The molecular weight excluding hydrogens is 369 g/mol. The first-order chi connectivity index (χ1) is 11.3. The second kappa shape index (κ2) is 6.32. The number of nitrogen functional groups attached to an aromatic ring is 1. The Bertz CT molecular complexity index is 865. The van der Waals surface area contributed by atoms with Gasteiger partial charge in [0.15, 0.2) is 0 Å². The molecule has 0 aliphatic rings. The molecule has 0 saturated heterocycles. The third-order valence-electron chi connectivity index (χ3n) is 2.79. The molecule has 0 bridgehead atoms. The Morgan fingerprint density at radius 1 is 1.29 bits per heavy atom. The van der Waals surface area contributed by atoms with Gasteiger partial charge in [0.2, 0.25) is 16.9 Å². The molecule has 0 aliphatic heterocycles. The number of benzene rings is 1. The standard InChI is InChI=1S/C12H8ClF3N6OS/c13-7-3-1-2-6(4-7)9-18-8(23-21-9)5-24-11-20-19-10(22(11)17)12(14,15)16/h1-4H,5,17H2. The van der Waals surface area contributed by atoms with Crippen molar-refractivity contribution in [2.24, 2.45) is 0 Å². The van der Waals surface area contributed by atoms with Crippen molar-refractivity contribution in [1.82, 2.24) is 25.0 Å². The van der Waals surface area contributed by atoms with E-state index in [1.807, 2.05) is 0 Å². The zero-order valence-electron chi connectivity index (χ0n) is 11.7. The molecule has 3 rings (SSSR count). The van der Waals surface area contributed by atoms with Crippen molar-refractivity contribution in [2.45, 2.75) is 17.1 Å². The number of aromatic nitrogens is 5. The molecule has 2 N–H and O–H groups in total. The van der Waals surface area contributed by atoms with Crippen LogP contribution < -0.4 is 5.84 Å². The van der Waals surface area contributed by atoms with Gasteiger partial charge in [0.05, 0.1) is 5.75 Å². The number of rotatable bonds is 4. The number of nitrogens with zero attached hydrogens (tertiary/aromatic N) is 5. The first-order valence-electron chi connectivity index (χ1n) is 6.33. The lowest BCUT2D eigenvalue weighted by atomic mass is 10.2. The molecule has 2 heterocycles. The molecule has 0 unspecified atom stereocenters. The summed E-state index contributed by atoms with van der Waals surface area (Å²) in [4.78, 5) is 4.14. The van der Waals surface area contributed by atoms with Gasteiger partial charge in [0.1, 0.15) is 0 Å². The van der Waals surface area contributed by atoms with Crippen LogP contribution in [-0.2, 0) is 11.9 Å². The van der Waals surface area contributed by atoms with Gasteiger partial charge < -0.3 is 10.4 Å². The second-order valence-corrected chi connectivity index (χ2v) is 5.86. The van der Waals surface area contributed by atoms with Crippen LogP contribution in [0.2, 0.25) is 5.02 Å². The molecule has 0 aliphatic carbocycles. The van der Waals surface area contributed by atoms with Crippen LogP contribution in [0, 0.1) is 0 Å². The summed E-state index contributed by atoms with van der Waals surface area (Å²) in [5.41, 5.74) is 0.656.